The number of nitrogens with zero attached hydrogens (tertiary/aromatic N) is 4. The van der Waals surface area contributed by atoms with Gasteiger partial charge in [-0.2, -0.15) is 5.10 Å². The Morgan fingerprint density at radius 1 is 1.00 bits per heavy atom. The van der Waals surface area contributed by atoms with E-state index in [-0.39, 0.29) is 11.4 Å². The highest BCUT2D eigenvalue weighted by molar-refractivity contribution is 5.66. The van der Waals surface area contributed by atoms with Crippen molar-refractivity contribution in [1.29, 1.82) is 0 Å². The first-order valence-corrected chi connectivity index (χ1v) is 13.4. The summed E-state index contributed by atoms with van der Waals surface area (Å²) >= 11 is 0. The monoisotopic (exact) mass is 489 g/mol. The van der Waals surface area contributed by atoms with Gasteiger partial charge in [0.05, 0.1) is 12.1 Å². The molecule has 0 amide bonds. The summed E-state index contributed by atoms with van der Waals surface area (Å²) in [7, 11) is 0. The molecule has 3 aromatic rings. The van der Waals surface area contributed by atoms with Gasteiger partial charge in [-0.15, -0.1) is 0 Å². The van der Waals surface area contributed by atoms with Crippen molar-refractivity contribution in [2.75, 3.05) is 26.2 Å². The average Bonchev–Trinajstić information content (AvgIpc) is 3.52. The minimum Gasteiger partial charge on any atom is -0.507 e. The van der Waals surface area contributed by atoms with Gasteiger partial charge >= 0.3 is 5.69 Å². The average molecular weight is 490 g/mol. The lowest BCUT2D eigenvalue weighted by atomic mass is 9.95. The number of piperidine rings is 1. The zero-order chi connectivity index (χ0) is 25.2. The Morgan fingerprint density at radius 3 is 2.28 bits per heavy atom. The van der Waals surface area contributed by atoms with Crippen LogP contribution >= 0.6 is 0 Å². The summed E-state index contributed by atoms with van der Waals surface area (Å²) in [5.74, 6) is 0.910. The lowest BCUT2D eigenvalue weighted by molar-refractivity contribution is 0.122. The second kappa shape index (κ2) is 10.6. The number of benzene rings is 2. The first kappa shape index (κ1) is 24.8. The number of phenols is 1. The number of aromatic amines is 1. The van der Waals surface area contributed by atoms with Crippen LogP contribution in [-0.4, -0.2) is 61.9 Å². The first-order chi connectivity index (χ1) is 17.4. The number of nitrogens with one attached hydrogen (secondary N) is 1. The van der Waals surface area contributed by atoms with Crippen LogP contribution in [0.3, 0.4) is 0 Å². The van der Waals surface area contributed by atoms with E-state index in [4.69, 9.17) is 0 Å². The summed E-state index contributed by atoms with van der Waals surface area (Å²) in [5.41, 5.74) is 4.81. The van der Waals surface area contributed by atoms with Crippen LogP contribution in [0.2, 0.25) is 0 Å². The number of hydrogen-bond donors (Lipinski definition) is 2. The van der Waals surface area contributed by atoms with Crippen molar-refractivity contribution in [3.05, 3.63) is 69.1 Å². The zero-order valence-electron chi connectivity index (χ0n) is 21.8. The molecule has 2 aliphatic heterocycles. The van der Waals surface area contributed by atoms with E-state index in [2.05, 4.69) is 58.1 Å². The number of hydrogen-bond acceptors (Lipinski definition) is 5. The van der Waals surface area contributed by atoms with Gasteiger partial charge < -0.3 is 10.0 Å². The Morgan fingerprint density at radius 2 is 1.64 bits per heavy atom. The second-order valence-electron chi connectivity index (χ2n) is 10.9. The minimum absolute atomic E-state index is 0.140. The molecule has 5 rings (SSSR count). The highest BCUT2D eigenvalue weighted by atomic mass is 16.3. The van der Waals surface area contributed by atoms with E-state index < -0.39 is 0 Å². The molecule has 7 nitrogen and oxygen atoms in total. The van der Waals surface area contributed by atoms with Crippen molar-refractivity contribution in [1.82, 2.24) is 24.6 Å². The molecule has 0 bridgehead atoms. The van der Waals surface area contributed by atoms with Crippen LogP contribution < -0.4 is 5.69 Å². The smallest absolute Gasteiger partial charge is 0.343 e. The van der Waals surface area contributed by atoms with Crippen molar-refractivity contribution in [2.24, 2.45) is 0 Å². The van der Waals surface area contributed by atoms with Crippen molar-refractivity contribution < 1.29 is 5.11 Å². The fourth-order valence-corrected chi connectivity index (χ4v) is 5.92. The first-order valence-electron chi connectivity index (χ1n) is 13.4. The van der Waals surface area contributed by atoms with Crippen LogP contribution in [0, 0.1) is 6.92 Å². The summed E-state index contributed by atoms with van der Waals surface area (Å²) < 4.78 is 1.60. The molecular weight excluding hydrogens is 450 g/mol. The van der Waals surface area contributed by atoms with E-state index >= 15 is 0 Å². The largest absolute Gasteiger partial charge is 0.507 e. The quantitative estimate of drug-likeness (QED) is 0.512. The van der Waals surface area contributed by atoms with Crippen molar-refractivity contribution >= 4 is 0 Å². The molecule has 1 aromatic heterocycles. The van der Waals surface area contributed by atoms with E-state index in [0.29, 0.717) is 23.9 Å². The number of likely N-dealkylation sites (tertiary alicyclic amines) is 2. The number of aromatic hydroxyl groups is 1. The third kappa shape index (κ3) is 5.27. The second-order valence-corrected chi connectivity index (χ2v) is 10.9. The molecule has 192 valence electrons. The Hall–Kier alpha value is -2.90. The zero-order valence-corrected chi connectivity index (χ0v) is 21.8. The van der Waals surface area contributed by atoms with E-state index in [1.54, 1.807) is 10.6 Å². The van der Waals surface area contributed by atoms with Gasteiger partial charge in [0.2, 0.25) is 0 Å². The topological polar surface area (TPSA) is 77.4 Å². The molecule has 2 N–H and O–H groups in total. The Balaban J connectivity index is 1.26. The van der Waals surface area contributed by atoms with Gasteiger partial charge in [0.25, 0.3) is 0 Å². The van der Waals surface area contributed by atoms with Crippen molar-refractivity contribution in [3.8, 4) is 17.1 Å². The number of phenolic OH excluding ortho intramolecular Hbond substituents is 1. The van der Waals surface area contributed by atoms with Crippen LogP contribution in [0.25, 0.3) is 11.4 Å². The molecule has 3 heterocycles. The van der Waals surface area contributed by atoms with E-state index in [1.807, 2.05) is 13.0 Å². The number of aryl methyl sites for hydroxylation is 1. The summed E-state index contributed by atoms with van der Waals surface area (Å²) in [5, 5.41) is 17.5. The lowest BCUT2D eigenvalue weighted by Crippen LogP contribution is -2.43. The van der Waals surface area contributed by atoms with Crippen LogP contribution in [0.1, 0.15) is 67.7 Å². The highest BCUT2D eigenvalue weighted by Crippen LogP contribution is 2.33. The molecule has 0 unspecified atom stereocenters. The van der Waals surface area contributed by atoms with Gasteiger partial charge in [-0.05, 0) is 99.1 Å². The Labute approximate surface area is 213 Å². The fraction of sp³-hybridized carbons (Fsp3) is 0.517. The van der Waals surface area contributed by atoms with E-state index in [0.717, 1.165) is 42.4 Å². The number of H-pyrrole nitrogens is 1. The highest BCUT2D eigenvalue weighted by Gasteiger charge is 2.26. The van der Waals surface area contributed by atoms with Gasteiger partial charge in [0, 0.05) is 12.6 Å². The molecule has 2 fully saturated rings. The maximum atomic E-state index is 12.6. The molecule has 0 atom stereocenters. The standard InChI is InChI=1S/C29H39N5O2/c1-20(2)25-17-26(27(35)16-21(25)3)28-30-31-29(36)34(28)19-23-8-6-22(7-9-23)18-32-14-10-24(11-15-32)33-12-4-5-13-33/h6-9,16-17,20,24,35H,4-5,10-15,18-19H2,1-3H3,(H,31,36). The number of aromatic nitrogens is 3. The predicted molar refractivity (Wildman–Crippen MR) is 143 cm³/mol. The third-order valence-corrected chi connectivity index (χ3v) is 7.99. The molecule has 0 radical (unpaired) electrons. The fourth-order valence-electron chi connectivity index (χ4n) is 5.92. The predicted octanol–water partition coefficient (Wildman–Crippen LogP) is 4.48. The normalized spacial score (nSPS) is 17.9. The van der Waals surface area contributed by atoms with Crippen LogP contribution in [0.5, 0.6) is 5.75 Å². The van der Waals surface area contributed by atoms with Gasteiger partial charge in [0.15, 0.2) is 5.82 Å². The summed E-state index contributed by atoms with van der Waals surface area (Å²) in [4.78, 5) is 17.9. The summed E-state index contributed by atoms with van der Waals surface area (Å²) in [6, 6.07) is 13.0. The lowest BCUT2D eigenvalue weighted by Gasteiger charge is -2.36. The van der Waals surface area contributed by atoms with Crippen LogP contribution in [0.15, 0.2) is 41.2 Å². The maximum Gasteiger partial charge on any atom is 0.343 e. The van der Waals surface area contributed by atoms with Gasteiger partial charge in [-0.3, -0.25) is 9.47 Å². The molecule has 0 aliphatic carbocycles. The molecule has 2 aliphatic rings. The van der Waals surface area contributed by atoms with Crippen molar-refractivity contribution in [2.45, 2.75) is 71.5 Å². The van der Waals surface area contributed by atoms with E-state index in [9.17, 15) is 9.90 Å². The minimum atomic E-state index is -0.277. The maximum absolute atomic E-state index is 12.6. The van der Waals surface area contributed by atoms with E-state index in [1.165, 1.54) is 44.3 Å². The molecule has 0 spiro atoms. The van der Waals surface area contributed by atoms with Crippen LogP contribution in [-0.2, 0) is 13.1 Å². The van der Waals surface area contributed by atoms with Gasteiger partial charge in [-0.1, -0.05) is 38.1 Å². The van der Waals surface area contributed by atoms with Crippen LogP contribution in [0.4, 0.5) is 0 Å². The molecule has 0 saturated carbocycles. The molecular formula is C29H39N5O2. The molecule has 36 heavy (non-hydrogen) atoms. The molecule has 2 aromatic carbocycles. The van der Waals surface area contributed by atoms with Gasteiger partial charge in [-0.25, -0.2) is 9.89 Å². The number of rotatable bonds is 7. The van der Waals surface area contributed by atoms with Gasteiger partial charge in [0.1, 0.15) is 5.75 Å². The third-order valence-electron chi connectivity index (χ3n) is 7.99. The summed E-state index contributed by atoms with van der Waals surface area (Å²) in [6.45, 7) is 12.5. The molecule has 7 heteroatoms. The SMILES string of the molecule is Cc1cc(O)c(-c2n[nH]c(=O)n2Cc2ccc(CN3CCC(N4CCCC4)CC3)cc2)cc1C(C)C. The molecule has 2 saturated heterocycles. The Bertz CT molecular complexity index is 1230. The summed E-state index contributed by atoms with van der Waals surface area (Å²) in [6.07, 6.45) is 5.28. The Kier molecular flexibility index (Phi) is 7.30. The van der Waals surface area contributed by atoms with Crippen molar-refractivity contribution in [3.63, 3.8) is 0 Å².